The van der Waals surface area contributed by atoms with Gasteiger partial charge >= 0.3 is 55.7 Å². The summed E-state index contributed by atoms with van der Waals surface area (Å²) in [6.45, 7) is 0. The zero-order valence-corrected chi connectivity index (χ0v) is 5.15. The summed E-state index contributed by atoms with van der Waals surface area (Å²) >= 11 is 0. The van der Waals surface area contributed by atoms with Gasteiger partial charge in [0.1, 0.15) is 0 Å². The third-order valence-electron chi connectivity index (χ3n) is 0. The molecule has 0 bridgehead atoms. The van der Waals surface area contributed by atoms with Crippen molar-refractivity contribution in [3.8, 4) is 0 Å². The minimum atomic E-state index is 0. The summed E-state index contributed by atoms with van der Waals surface area (Å²) in [6.07, 6.45) is 0. The van der Waals surface area contributed by atoms with E-state index in [1.54, 1.807) is 0 Å². The molecule has 0 aliphatic heterocycles. The quantitative estimate of drug-likeness (QED) is 0.534. The minimum Gasteiger partial charge on any atom is -2.00 e. The number of rotatable bonds is 0. The molecule has 0 rings (SSSR count). The smallest absolute Gasteiger partial charge is 2.00 e. The van der Waals surface area contributed by atoms with Crippen molar-refractivity contribution in [2.45, 2.75) is 0 Å². The molecule has 0 aliphatic rings. The van der Waals surface area contributed by atoms with Crippen molar-refractivity contribution in [3.05, 3.63) is 0 Å². The Hall–Kier alpha value is 1.69. The maximum absolute atomic E-state index is 0. The normalized spacial score (nSPS) is 0. The van der Waals surface area contributed by atoms with Crippen LogP contribution in [-0.2, 0) is 33.5 Å². The van der Waals surface area contributed by atoms with E-state index >= 15 is 0 Å². The third-order valence-corrected chi connectivity index (χ3v) is 0. The van der Waals surface area contributed by atoms with Gasteiger partial charge in [-0.2, -0.15) is 0 Å². The summed E-state index contributed by atoms with van der Waals surface area (Å²) < 4.78 is 0. The molecule has 0 amide bonds. The summed E-state index contributed by atoms with van der Waals surface area (Å²) in [4.78, 5) is 0. The third kappa shape index (κ3) is 27.2. The molecular weight excluding hydrogens is 263 g/mol. The molecule has 0 aromatic heterocycles. The van der Waals surface area contributed by atoms with E-state index in [2.05, 4.69) is 0 Å². The summed E-state index contributed by atoms with van der Waals surface area (Å²) in [5.74, 6) is 0. The molecule has 0 aromatic carbocycles. The maximum Gasteiger partial charge on any atom is 3.00 e. The van der Waals surface area contributed by atoms with Crippen LogP contribution in [0, 0.1) is 38.6 Å². The molecule has 0 aliphatic carbocycles. The van der Waals surface area contributed by atoms with E-state index in [1.165, 1.54) is 0 Å². The van der Waals surface area contributed by atoms with Crippen LogP contribution >= 0.6 is 0 Å². The van der Waals surface area contributed by atoms with E-state index < -0.39 is 0 Å². The molecule has 0 N–H and O–H groups in total. The Balaban J connectivity index is 0. The molecule has 0 fully saturated rings. The maximum atomic E-state index is 0. The van der Waals surface area contributed by atoms with Crippen molar-refractivity contribution < 1.29 is 72.1 Å². The van der Waals surface area contributed by atoms with Gasteiger partial charge in [0.15, 0.2) is 0 Å². The largest absolute Gasteiger partial charge is 3.00 e. The number of hydrogen-bond acceptors (Lipinski definition) is 0. The van der Waals surface area contributed by atoms with Crippen molar-refractivity contribution >= 4 is 0 Å². The Morgan fingerprint density at radius 1 is 0.600 bits per heavy atom. The monoisotopic (exact) mass is 263 g/mol. The van der Waals surface area contributed by atoms with Crippen LogP contribution in [0.15, 0.2) is 0 Å². The molecule has 5 heavy (non-hydrogen) atoms. The topological polar surface area (TPSA) is 85.5 Å². The Morgan fingerprint density at radius 2 is 0.600 bits per heavy atom. The summed E-state index contributed by atoms with van der Waals surface area (Å²) in [5, 5.41) is 0. The van der Waals surface area contributed by atoms with Gasteiger partial charge in [0.2, 0.25) is 0 Å². The molecule has 35 valence electrons. The van der Waals surface area contributed by atoms with Gasteiger partial charge in [-0.05, 0) is 0 Å². The fourth-order valence-electron chi connectivity index (χ4n) is 0. The van der Waals surface area contributed by atoms with E-state index in [-0.39, 0.29) is 72.1 Å². The average molecular weight is 263 g/mol. The van der Waals surface area contributed by atoms with Gasteiger partial charge in [-0.3, -0.25) is 0 Å². The van der Waals surface area contributed by atoms with Crippen LogP contribution in [0.25, 0.3) is 0 Å². The van der Waals surface area contributed by atoms with Crippen LogP contribution in [0.4, 0.5) is 0 Å². The van der Waals surface area contributed by atoms with E-state index in [0.29, 0.717) is 0 Å². The number of hydrogen-bond donors (Lipinski definition) is 0. The van der Waals surface area contributed by atoms with Crippen molar-refractivity contribution in [1.82, 2.24) is 0 Å². The first kappa shape index (κ1) is 76.1. The van der Waals surface area contributed by atoms with E-state index in [4.69, 9.17) is 0 Å². The zero-order chi connectivity index (χ0) is 0. The van der Waals surface area contributed by atoms with Crippen LogP contribution < -0.4 is 0 Å². The van der Waals surface area contributed by atoms with Gasteiger partial charge in [0, 0.05) is 0 Å². The zero-order valence-electron chi connectivity index (χ0n) is 1.91. The van der Waals surface area contributed by atoms with Crippen molar-refractivity contribution in [1.29, 1.82) is 0 Å². The van der Waals surface area contributed by atoms with Gasteiger partial charge in [-0.1, -0.05) is 0 Å². The van der Waals surface area contributed by atoms with E-state index in [1.807, 2.05) is 0 Å². The molecule has 0 heterocycles. The van der Waals surface area contributed by atoms with Gasteiger partial charge in [0.05, 0.1) is 0 Å². The first-order valence-corrected chi connectivity index (χ1v) is 0. The first-order valence-electron chi connectivity index (χ1n) is 0. The average Bonchev–Trinajstić information content (AvgIpc) is 0. The van der Waals surface area contributed by atoms with Gasteiger partial charge in [0.25, 0.3) is 0 Å². The van der Waals surface area contributed by atoms with Crippen molar-refractivity contribution in [2.24, 2.45) is 0 Å². The molecule has 0 unspecified atom stereocenters. The fraction of sp³-hybridized carbons (Fsp3) is 0. The molecule has 0 saturated carbocycles. The van der Waals surface area contributed by atoms with Gasteiger partial charge in [-0.15, -0.1) is 0 Å². The van der Waals surface area contributed by atoms with Crippen LogP contribution in [0.3, 0.4) is 0 Å². The summed E-state index contributed by atoms with van der Waals surface area (Å²) in [5.41, 5.74) is 0. The molecule has 0 aromatic rings. The van der Waals surface area contributed by atoms with Crippen molar-refractivity contribution in [2.75, 3.05) is 0 Å². The van der Waals surface area contributed by atoms with E-state index in [0.717, 1.165) is 0 Å². The van der Waals surface area contributed by atoms with Crippen LogP contribution in [-0.4, -0.2) is 0 Å². The molecule has 0 saturated heterocycles. The molecule has 5 heteroatoms. The Bertz CT molecular complexity index is 6.85. The van der Waals surface area contributed by atoms with Gasteiger partial charge in [-0.25, -0.2) is 0 Å². The second-order valence-electron chi connectivity index (χ2n) is 0. The first-order chi connectivity index (χ1) is 0. The Labute approximate surface area is 71.3 Å². The van der Waals surface area contributed by atoms with Gasteiger partial charge < -0.3 is 16.4 Å². The minimum absolute atomic E-state index is 0. The molecular formula is FeO3Tb. The summed E-state index contributed by atoms with van der Waals surface area (Å²) in [6, 6.07) is 0. The predicted molar refractivity (Wildman–Crippen MR) is 2.06 cm³/mol. The second kappa shape index (κ2) is 43.9. The van der Waals surface area contributed by atoms with E-state index in [9.17, 15) is 0 Å². The van der Waals surface area contributed by atoms with Crippen LogP contribution in [0.5, 0.6) is 0 Å². The second-order valence-corrected chi connectivity index (χ2v) is 0. The SMILES string of the molecule is [Fe+3].[O-2].[O-2].[O-2].[Tb+3]. The summed E-state index contributed by atoms with van der Waals surface area (Å²) in [7, 11) is 0. The molecule has 0 spiro atoms. The molecule has 0 atom stereocenters. The van der Waals surface area contributed by atoms with Crippen LogP contribution in [0.2, 0.25) is 0 Å². The van der Waals surface area contributed by atoms with Crippen LogP contribution in [0.1, 0.15) is 0 Å². The Morgan fingerprint density at radius 3 is 0.600 bits per heavy atom. The Kier molecular flexibility index (Phi) is 669. The molecule has 1 radical (unpaired) electrons. The fourth-order valence-corrected chi connectivity index (χ4v) is 0. The van der Waals surface area contributed by atoms with Crippen molar-refractivity contribution in [3.63, 3.8) is 0 Å². The predicted octanol–water partition coefficient (Wildman–Crippen LogP) is -0.359. The molecule has 3 nitrogen and oxygen atoms in total. The standard InChI is InChI=1S/Fe.3O.Tb/q+3;3*-2;+3.